The summed E-state index contributed by atoms with van der Waals surface area (Å²) in [7, 11) is 0. The second kappa shape index (κ2) is 10.7. The molecule has 7 nitrogen and oxygen atoms in total. The van der Waals surface area contributed by atoms with E-state index in [1.54, 1.807) is 24.3 Å². The monoisotopic (exact) mass is 472 g/mol. The van der Waals surface area contributed by atoms with Crippen molar-refractivity contribution in [1.29, 1.82) is 0 Å². The Morgan fingerprint density at radius 2 is 1.62 bits per heavy atom. The highest BCUT2D eigenvalue weighted by Gasteiger charge is 2.15. The fourth-order valence-electron chi connectivity index (χ4n) is 3.18. The molecule has 4 aromatic rings. The quantitative estimate of drug-likeness (QED) is 0.369. The first-order chi connectivity index (χ1) is 16.5. The maximum absolute atomic E-state index is 12.5. The number of carbonyl (C=O) groups is 2. The summed E-state index contributed by atoms with van der Waals surface area (Å²) in [6.45, 7) is 4.18. The maximum Gasteiger partial charge on any atom is 0.286 e. The highest BCUT2D eigenvalue weighted by molar-refractivity contribution is 7.13. The number of rotatable bonds is 8. The van der Waals surface area contributed by atoms with Crippen LogP contribution in [0.3, 0.4) is 0 Å². The van der Waals surface area contributed by atoms with Crippen LogP contribution in [0.2, 0.25) is 0 Å². The zero-order chi connectivity index (χ0) is 23.9. The average Bonchev–Trinajstić information content (AvgIpc) is 3.34. The lowest BCUT2D eigenvalue weighted by molar-refractivity contribution is 0.0939. The molecule has 1 atom stereocenters. The van der Waals surface area contributed by atoms with Crippen LogP contribution in [0.1, 0.15) is 49.3 Å². The van der Waals surface area contributed by atoms with Gasteiger partial charge in [0.05, 0.1) is 6.04 Å². The first-order valence-corrected chi connectivity index (χ1v) is 11.6. The molecule has 0 saturated carbocycles. The van der Waals surface area contributed by atoms with Crippen molar-refractivity contribution in [2.24, 2.45) is 0 Å². The summed E-state index contributed by atoms with van der Waals surface area (Å²) in [4.78, 5) is 25.1. The molecule has 172 valence electrons. The Morgan fingerprint density at radius 1 is 0.912 bits per heavy atom. The van der Waals surface area contributed by atoms with Crippen LogP contribution in [0, 0.1) is 6.92 Å². The van der Waals surface area contributed by atoms with E-state index < -0.39 is 0 Å². The summed E-state index contributed by atoms with van der Waals surface area (Å²) in [5.41, 5.74) is 3.25. The molecule has 0 radical (unpaired) electrons. The lowest BCUT2D eigenvalue weighted by Gasteiger charge is -2.14. The van der Waals surface area contributed by atoms with Gasteiger partial charge in [0.15, 0.2) is 5.01 Å². The molecule has 1 heterocycles. The normalized spacial score (nSPS) is 11.5. The number of aryl methyl sites for hydroxylation is 1. The van der Waals surface area contributed by atoms with Crippen LogP contribution in [-0.4, -0.2) is 22.0 Å². The topological polar surface area (TPSA) is 93.2 Å². The molecule has 0 aliphatic carbocycles. The lowest BCUT2D eigenvalue weighted by Crippen LogP contribution is -2.26. The molecule has 0 aliphatic heterocycles. The zero-order valence-electron chi connectivity index (χ0n) is 18.8. The Balaban J connectivity index is 1.30. The van der Waals surface area contributed by atoms with Gasteiger partial charge in [-0.25, -0.2) is 0 Å². The van der Waals surface area contributed by atoms with E-state index in [0.29, 0.717) is 16.3 Å². The van der Waals surface area contributed by atoms with E-state index >= 15 is 0 Å². The molecular formula is C26H24N4O3S. The number of carbonyl (C=O) groups excluding carboxylic acids is 2. The molecule has 0 fully saturated rings. The van der Waals surface area contributed by atoms with Crippen LogP contribution in [0.4, 0.5) is 5.69 Å². The molecule has 4 rings (SSSR count). The summed E-state index contributed by atoms with van der Waals surface area (Å²) in [5.74, 6) is 0.180. The van der Waals surface area contributed by atoms with Crippen molar-refractivity contribution in [3.8, 4) is 5.75 Å². The predicted molar refractivity (Wildman–Crippen MR) is 132 cm³/mol. The van der Waals surface area contributed by atoms with Crippen LogP contribution in [0.5, 0.6) is 5.75 Å². The molecule has 2 N–H and O–H groups in total. The number of hydrogen-bond acceptors (Lipinski definition) is 6. The van der Waals surface area contributed by atoms with Gasteiger partial charge >= 0.3 is 0 Å². The SMILES string of the molecule is Cc1ccc(OCc2nnc(C(=O)Nc3ccc(C(=O)N[C@H](C)c4ccccc4)cc3)s2)cc1. The highest BCUT2D eigenvalue weighted by atomic mass is 32.1. The Hall–Kier alpha value is -4.04. The van der Waals surface area contributed by atoms with Gasteiger partial charge in [0, 0.05) is 11.3 Å². The van der Waals surface area contributed by atoms with Crippen molar-refractivity contribution >= 4 is 28.8 Å². The summed E-state index contributed by atoms with van der Waals surface area (Å²) in [6, 6.07) is 24.0. The van der Waals surface area contributed by atoms with Gasteiger partial charge in [-0.05, 0) is 55.8 Å². The van der Waals surface area contributed by atoms with Crippen molar-refractivity contribution in [3.63, 3.8) is 0 Å². The van der Waals surface area contributed by atoms with E-state index in [1.165, 1.54) is 11.3 Å². The smallest absolute Gasteiger partial charge is 0.286 e. The second-order valence-corrected chi connectivity index (χ2v) is 8.80. The molecule has 0 saturated heterocycles. The number of anilines is 1. The average molecular weight is 473 g/mol. The van der Waals surface area contributed by atoms with E-state index in [4.69, 9.17) is 4.74 Å². The number of benzene rings is 3. The van der Waals surface area contributed by atoms with Gasteiger partial charge in [0.2, 0.25) is 5.01 Å². The van der Waals surface area contributed by atoms with Crippen molar-refractivity contribution in [2.45, 2.75) is 26.5 Å². The predicted octanol–water partition coefficient (Wildman–Crippen LogP) is 5.17. The fourth-order valence-corrected chi connectivity index (χ4v) is 3.83. The van der Waals surface area contributed by atoms with Crippen molar-refractivity contribution in [3.05, 3.63) is 106 Å². The number of aromatic nitrogens is 2. The van der Waals surface area contributed by atoms with Crippen LogP contribution in [0.25, 0.3) is 0 Å². The van der Waals surface area contributed by atoms with Crippen molar-refractivity contribution in [2.75, 3.05) is 5.32 Å². The van der Waals surface area contributed by atoms with Gasteiger partial charge in [-0.1, -0.05) is 59.4 Å². The summed E-state index contributed by atoms with van der Waals surface area (Å²) < 4.78 is 5.69. The van der Waals surface area contributed by atoms with Crippen LogP contribution < -0.4 is 15.4 Å². The first-order valence-electron chi connectivity index (χ1n) is 10.8. The van der Waals surface area contributed by atoms with E-state index in [9.17, 15) is 9.59 Å². The van der Waals surface area contributed by atoms with E-state index in [1.807, 2.05) is 68.4 Å². The van der Waals surface area contributed by atoms with Crippen LogP contribution in [0.15, 0.2) is 78.9 Å². The number of nitrogens with one attached hydrogen (secondary N) is 2. The minimum Gasteiger partial charge on any atom is -0.486 e. The molecule has 0 spiro atoms. The Morgan fingerprint density at radius 3 is 2.32 bits per heavy atom. The van der Waals surface area contributed by atoms with E-state index in [0.717, 1.165) is 16.9 Å². The molecule has 1 aromatic heterocycles. The van der Waals surface area contributed by atoms with Gasteiger partial charge in [0.1, 0.15) is 12.4 Å². The third-order valence-electron chi connectivity index (χ3n) is 5.10. The number of amides is 2. The summed E-state index contributed by atoms with van der Waals surface area (Å²) in [6.07, 6.45) is 0. The van der Waals surface area contributed by atoms with E-state index in [-0.39, 0.29) is 29.5 Å². The Bertz CT molecular complexity index is 1260. The lowest BCUT2D eigenvalue weighted by atomic mass is 10.1. The largest absolute Gasteiger partial charge is 0.486 e. The number of ether oxygens (including phenoxy) is 1. The molecule has 3 aromatic carbocycles. The van der Waals surface area contributed by atoms with Gasteiger partial charge in [0.25, 0.3) is 11.8 Å². The molecular weight excluding hydrogens is 448 g/mol. The third-order valence-corrected chi connectivity index (χ3v) is 5.99. The first kappa shape index (κ1) is 23.1. The second-order valence-electron chi connectivity index (χ2n) is 7.74. The Kier molecular flexibility index (Phi) is 7.29. The van der Waals surface area contributed by atoms with Gasteiger partial charge < -0.3 is 15.4 Å². The number of hydrogen-bond donors (Lipinski definition) is 2. The third kappa shape index (κ3) is 6.05. The van der Waals surface area contributed by atoms with Gasteiger partial charge in [-0.15, -0.1) is 10.2 Å². The Labute approximate surface area is 201 Å². The minimum absolute atomic E-state index is 0.116. The van der Waals surface area contributed by atoms with Crippen LogP contribution in [-0.2, 0) is 6.61 Å². The molecule has 0 aliphatic rings. The number of nitrogens with zero attached hydrogens (tertiary/aromatic N) is 2. The molecule has 2 amide bonds. The highest BCUT2D eigenvalue weighted by Crippen LogP contribution is 2.18. The van der Waals surface area contributed by atoms with Crippen molar-refractivity contribution < 1.29 is 14.3 Å². The molecule has 8 heteroatoms. The van der Waals surface area contributed by atoms with Crippen LogP contribution >= 0.6 is 11.3 Å². The maximum atomic E-state index is 12.5. The minimum atomic E-state index is -0.367. The molecule has 0 unspecified atom stereocenters. The standard InChI is InChI=1S/C26H24N4O3S/c1-17-8-14-22(15-9-17)33-16-23-29-30-26(34-23)25(32)28-21-12-10-20(11-13-21)24(31)27-18(2)19-6-4-3-5-7-19/h3-15,18H,16H2,1-2H3,(H,27,31)(H,28,32)/t18-/m1/s1. The molecule has 0 bridgehead atoms. The molecule has 34 heavy (non-hydrogen) atoms. The van der Waals surface area contributed by atoms with Crippen molar-refractivity contribution in [1.82, 2.24) is 15.5 Å². The van der Waals surface area contributed by atoms with Gasteiger partial charge in [-0.2, -0.15) is 0 Å². The fraction of sp³-hybridized carbons (Fsp3) is 0.154. The van der Waals surface area contributed by atoms with E-state index in [2.05, 4.69) is 20.8 Å². The van der Waals surface area contributed by atoms with Gasteiger partial charge in [-0.3, -0.25) is 9.59 Å². The zero-order valence-corrected chi connectivity index (χ0v) is 19.6. The summed E-state index contributed by atoms with van der Waals surface area (Å²) >= 11 is 1.17. The summed E-state index contributed by atoms with van der Waals surface area (Å²) in [5, 5.41) is 14.6.